The number of aliphatic hydroxyl groups excluding tert-OH is 2. The molecule has 1 aromatic rings. The summed E-state index contributed by atoms with van der Waals surface area (Å²) in [4.78, 5) is 39.8. The van der Waals surface area contributed by atoms with Crippen LogP contribution < -0.4 is 5.73 Å². The molecular weight excluding hydrogens is 472 g/mol. The fourth-order valence-corrected chi connectivity index (χ4v) is 5.71. The molecule has 4 atom stereocenters. The number of hydrogen-bond donors (Lipinski definition) is 5. The number of likely N-dealkylation sites (N-methyl/N-ethyl adjacent to an activating group) is 1. The van der Waals surface area contributed by atoms with Crippen LogP contribution in [0.1, 0.15) is 22.3 Å². The van der Waals surface area contributed by atoms with Gasteiger partial charge in [0.2, 0.25) is 5.78 Å². The molecule has 0 aliphatic heterocycles. The Kier molecular flexibility index (Phi) is 4.80. The fourth-order valence-electron chi connectivity index (χ4n) is 5.21. The lowest BCUT2D eigenvalue weighted by Gasteiger charge is -2.50. The number of aromatic hydroxyl groups is 1. The predicted molar refractivity (Wildman–Crippen MR) is 111 cm³/mol. The summed E-state index contributed by atoms with van der Waals surface area (Å²) in [6.07, 6.45) is 0.317. The molecule has 4 rings (SSSR count). The van der Waals surface area contributed by atoms with Crippen molar-refractivity contribution in [2.24, 2.45) is 17.6 Å². The third-order valence-electron chi connectivity index (χ3n) is 6.55. The maximum absolute atomic E-state index is 13.3. The molecule has 9 nitrogen and oxygen atoms in total. The zero-order chi connectivity index (χ0) is 23.0. The molecule has 164 valence electrons. The lowest BCUT2D eigenvalue weighted by atomic mass is 9.58. The van der Waals surface area contributed by atoms with E-state index in [9.17, 15) is 34.8 Å². The first-order chi connectivity index (χ1) is 14.4. The number of primary amides is 1. The molecule has 0 fully saturated rings. The van der Waals surface area contributed by atoms with Crippen molar-refractivity contribution < 1.29 is 34.8 Å². The van der Waals surface area contributed by atoms with E-state index >= 15 is 0 Å². The highest BCUT2D eigenvalue weighted by molar-refractivity contribution is 9.10. The van der Waals surface area contributed by atoms with Crippen LogP contribution in [-0.4, -0.2) is 68.5 Å². The summed E-state index contributed by atoms with van der Waals surface area (Å²) in [7, 11) is 3.17. The summed E-state index contributed by atoms with van der Waals surface area (Å²) in [5.41, 5.74) is 2.21. The molecule has 0 saturated heterocycles. The lowest BCUT2D eigenvalue weighted by Crippen LogP contribution is -2.63. The van der Waals surface area contributed by atoms with Crippen molar-refractivity contribution in [2.75, 3.05) is 14.1 Å². The highest BCUT2D eigenvalue weighted by Crippen LogP contribution is 2.52. The van der Waals surface area contributed by atoms with Crippen LogP contribution in [0.5, 0.6) is 5.75 Å². The van der Waals surface area contributed by atoms with Crippen molar-refractivity contribution in [1.29, 1.82) is 0 Å². The van der Waals surface area contributed by atoms with Gasteiger partial charge in [0.25, 0.3) is 5.91 Å². The van der Waals surface area contributed by atoms with E-state index in [1.807, 2.05) is 0 Å². The number of carbonyl (C=O) groups is 3. The van der Waals surface area contributed by atoms with E-state index < -0.39 is 58.0 Å². The zero-order valence-electron chi connectivity index (χ0n) is 16.7. The number of rotatable bonds is 2. The van der Waals surface area contributed by atoms with Crippen molar-refractivity contribution >= 4 is 33.4 Å². The minimum Gasteiger partial charge on any atom is -0.510 e. The average molecular weight is 493 g/mol. The van der Waals surface area contributed by atoms with E-state index in [0.717, 1.165) is 0 Å². The smallest absolute Gasteiger partial charge is 0.255 e. The van der Waals surface area contributed by atoms with E-state index in [1.54, 1.807) is 20.2 Å². The number of phenolic OH excluding ortho intramolecular Hbond substituents is 1. The molecule has 10 heteroatoms. The third-order valence-corrected chi connectivity index (χ3v) is 7.29. The number of aliphatic hydroxyl groups is 3. The maximum atomic E-state index is 13.3. The van der Waals surface area contributed by atoms with Gasteiger partial charge in [-0.3, -0.25) is 19.3 Å². The number of phenols is 1. The Balaban J connectivity index is 1.98. The molecule has 1 amide bonds. The third kappa shape index (κ3) is 2.71. The first kappa shape index (κ1) is 21.5. The van der Waals surface area contributed by atoms with Gasteiger partial charge in [-0.25, -0.2) is 0 Å². The first-order valence-electron chi connectivity index (χ1n) is 9.58. The number of nitrogens with two attached hydrogens (primary N) is 1. The second-order valence-electron chi connectivity index (χ2n) is 8.38. The van der Waals surface area contributed by atoms with Crippen molar-refractivity contribution in [1.82, 2.24) is 4.90 Å². The molecule has 0 bridgehead atoms. The topological polar surface area (TPSA) is 161 Å². The molecule has 0 unspecified atom stereocenters. The van der Waals surface area contributed by atoms with Crippen LogP contribution in [0.4, 0.5) is 0 Å². The van der Waals surface area contributed by atoms with E-state index in [2.05, 4.69) is 15.9 Å². The number of carbonyl (C=O) groups excluding carboxylic acids is 3. The molecule has 31 heavy (non-hydrogen) atoms. The molecule has 0 heterocycles. The van der Waals surface area contributed by atoms with Gasteiger partial charge in [-0.05, 0) is 50.6 Å². The number of amides is 1. The fraction of sp³-hybridized carbons (Fsp3) is 0.381. The van der Waals surface area contributed by atoms with Crippen molar-refractivity contribution in [3.63, 3.8) is 0 Å². The van der Waals surface area contributed by atoms with Gasteiger partial charge in [0, 0.05) is 16.0 Å². The Bertz CT molecular complexity index is 1120. The van der Waals surface area contributed by atoms with Crippen LogP contribution >= 0.6 is 15.9 Å². The van der Waals surface area contributed by atoms with Crippen LogP contribution in [-0.2, 0) is 16.0 Å². The van der Waals surface area contributed by atoms with Crippen LogP contribution in [0.15, 0.2) is 39.3 Å². The van der Waals surface area contributed by atoms with Crippen LogP contribution in [0.25, 0.3) is 0 Å². The zero-order valence-corrected chi connectivity index (χ0v) is 18.3. The maximum Gasteiger partial charge on any atom is 0.255 e. The SMILES string of the molecule is CN(C)[C@H]1C(O)=C(C(N)=O)C(=O)[C@@]2(O)C(O)=C3C(=O)c4c(O)ccc(Br)c4C[C@H]3C[C@@H]12. The second kappa shape index (κ2) is 6.91. The van der Waals surface area contributed by atoms with Gasteiger partial charge in [0.05, 0.1) is 11.6 Å². The highest BCUT2D eigenvalue weighted by Gasteiger charge is 2.63. The number of Topliss-reactive ketones (excluding diaryl/α,β-unsaturated/α-hetero) is 2. The Morgan fingerprint density at radius 1 is 1.23 bits per heavy atom. The van der Waals surface area contributed by atoms with Gasteiger partial charge >= 0.3 is 0 Å². The molecule has 6 N–H and O–H groups in total. The summed E-state index contributed by atoms with van der Waals surface area (Å²) in [6.45, 7) is 0. The van der Waals surface area contributed by atoms with Crippen molar-refractivity contribution in [3.8, 4) is 5.75 Å². The molecule has 3 aliphatic carbocycles. The summed E-state index contributed by atoms with van der Waals surface area (Å²) < 4.78 is 0.607. The highest BCUT2D eigenvalue weighted by atomic mass is 79.9. The second-order valence-corrected chi connectivity index (χ2v) is 9.24. The minimum atomic E-state index is -2.62. The van der Waals surface area contributed by atoms with Crippen LogP contribution in [0.2, 0.25) is 0 Å². The predicted octanol–water partition coefficient (Wildman–Crippen LogP) is 0.883. The standard InChI is InChI=1S/C21H21BrN2O7/c1-24(2)15-9-6-7-5-8-10(22)3-4-11(25)13(8)16(26)12(7)18(28)21(9,31)19(29)14(17(15)27)20(23)30/h3-4,7,9,15,25,27-28,31H,5-6H2,1-2H3,(H2,23,30)/t7-,9-,15+,21-/m0/s1. The van der Waals surface area contributed by atoms with E-state index in [1.165, 1.54) is 11.0 Å². The number of nitrogens with zero attached hydrogens (tertiary/aromatic N) is 1. The van der Waals surface area contributed by atoms with Crippen molar-refractivity contribution in [3.05, 3.63) is 50.4 Å². The summed E-state index contributed by atoms with van der Waals surface area (Å²) in [5, 5.41) is 43.5. The number of benzene rings is 1. The number of allylic oxidation sites excluding steroid dienone is 1. The number of hydrogen-bond acceptors (Lipinski definition) is 8. The Hall–Kier alpha value is -2.69. The summed E-state index contributed by atoms with van der Waals surface area (Å²) in [5.74, 6) is -6.56. The molecule has 0 radical (unpaired) electrons. The Morgan fingerprint density at radius 3 is 2.45 bits per heavy atom. The van der Waals surface area contributed by atoms with Gasteiger partial charge < -0.3 is 26.2 Å². The molecule has 1 aromatic carbocycles. The number of fused-ring (bicyclic) bond motifs is 3. The molecule has 0 saturated carbocycles. The van der Waals surface area contributed by atoms with Gasteiger partial charge in [-0.1, -0.05) is 15.9 Å². The molecule has 0 aromatic heterocycles. The monoisotopic (exact) mass is 492 g/mol. The average Bonchev–Trinajstić information content (AvgIpc) is 2.67. The van der Waals surface area contributed by atoms with E-state index in [-0.39, 0.29) is 29.7 Å². The van der Waals surface area contributed by atoms with Crippen molar-refractivity contribution in [2.45, 2.75) is 24.5 Å². The lowest BCUT2D eigenvalue weighted by molar-refractivity contribution is -0.148. The van der Waals surface area contributed by atoms with E-state index in [4.69, 9.17) is 5.73 Å². The van der Waals surface area contributed by atoms with Crippen LogP contribution in [0.3, 0.4) is 0 Å². The summed E-state index contributed by atoms with van der Waals surface area (Å²) in [6, 6.07) is 1.94. The summed E-state index contributed by atoms with van der Waals surface area (Å²) >= 11 is 3.38. The molecular formula is C21H21BrN2O7. The van der Waals surface area contributed by atoms with E-state index in [0.29, 0.717) is 10.0 Å². The Morgan fingerprint density at radius 2 is 1.87 bits per heavy atom. The van der Waals surface area contributed by atoms with Gasteiger partial charge in [-0.2, -0.15) is 0 Å². The number of ketones is 2. The van der Waals surface area contributed by atoms with Crippen LogP contribution in [0, 0.1) is 11.8 Å². The quantitative estimate of drug-likeness (QED) is 0.380. The molecule has 0 spiro atoms. The first-order valence-corrected chi connectivity index (χ1v) is 10.4. The largest absolute Gasteiger partial charge is 0.510 e. The van der Waals surface area contributed by atoms with Gasteiger partial charge in [0.15, 0.2) is 11.4 Å². The number of halogens is 1. The van der Waals surface area contributed by atoms with Gasteiger partial charge in [-0.15, -0.1) is 0 Å². The minimum absolute atomic E-state index is 0.0184. The van der Waals surface area contributed by atoms with Gasteiger partial charge in [0.1, 0.15) is 22.8 Å². The Labute approximate surface area is 185 Å². The normalized spacial score (nSPS) is 30.3. The molecule has 3 aliphatic rings.